The third kappa shape index (κ3) is 4.76. The van der Waals surface area contributed by atoms with Crippen LogP contribution in [0.5, 0.6) is 11.5 Å². The molecule has 29 heavy (non-hydrogen) atoms. The summed E-state index contributed by atoms with van der Waals surface area (Å²) in [6.45, 7) is 11.8. The van der Waals surface area contributed by atoms with E-state index in [1.54, 1.807) is 0 Å². The van der Waals surface area contributed by atoms with Gasteiger partial charge >= 0.3 is 0 Å². The lowest BCUT2D eigenvalue weighted by Gasteiger charge is -2.28. The van der Waals surface area contributed by atoms with Crippen LogP contribution in [0.15, 0.2) is 36.4 Å². The van der Waals surface area contributed by atoms with Crippen molar-refractivity contribution in [2.45, 2.75) is 58.2 Å². The Morgan fingerprint density at radius 3 is 1.55 bits per heavy atom. The Morgan fingerprint density at radius 1 is 0.793 bits per heavy atom. The second kappa shape index (κ2) is 8.37. The number of ether oxygens (including phenoxy) is 4. The molecule has 2 aromatic carbocycles. The molecule has 4 nitrogen and oxygen atoms in total. The number of hydrogen-bond acceptors (Lipinski definition) is 4. The fourth-order valence-corrected chi connectivity index (χ4v) is 3.63. The van der Waals surface area contributed by atoms with Gasteiger partial charge in [0.2, 0.25) is 0 Å². The molecule has 2 aromatic rings. The molecule has 0 aliphatic carbocycles. The minimum atomic E-state index is -0.107. The molecule has 2 heterocycles. The van der Waals surface area contributed by atoms with Crippen LogP contribution < -0.4 is 9.47 Å². The van der Waals surface area contributed by atoms with Gasteiger partial charge < -0.3 is 18.9 Å². The molecule has 2 aliphatic heterocycles. The highest BCUT2D eigenvalue weighted by atomic mass is 16.6. The molecule has 0 saturated carbocycles. The fourth-order valence-electron chi connectivity index (χ4n) is 3.63. The van der Waals surface area contributed by atoms with Crippen molar-refractivity contribution in [3.8, 4) is 11.5 Å². The Labute approximate surface area is 174 Å². The lowest BCUT2D eigenvalue weighted by molar-refractivity contribution is 0.261. The minimum absolute atomic E-state index is 0.107. The molecule has 2 atom stereocenters. The maximum atomic E-state index is 5.98. The van der Waals surface area contributed by atoms with Gasteiger partial charge in [0.15, 0.2) is 0 Å². The van der Waals surface area contributed by atoms with Crippen LogP contribution in [0, 0.1) is 0 Å². The van der Waals surface area contributed by atoms with Crippen molar-refractivity contribution in [2.75, 3.05) is 26.4 Å². The predicted octanol–water partition coefficient (Wildman–Crippen LogP) is 4.69. The van der Waals surface area contributed by atoms with E-state index >= 15 is 0 Å². The lowest BCUT2D eigenvalue weighted by Crippen LogP contribution is -2.20. The van der Waals surface area contributed by atoms with Gasteiger partial charge in [0.1, 0.15) is 36.9 Å². The molecule has 0 radical (unpaired) electrons. The molecule has 2 unspecified atom stereocenters. The van der Waals surface area contributed by atoms with Crippen LogP contribution in [0.3, 0.4) is 0 Å². The van der Waals surface area contributed by atoms with Crippen molar-refractivity contribution in [3.63, 3.8) is 0 Å². The Bertz CT molecular complexity index is 780. The number of rotatable bonds is 10. The summed E-state index contributed by atoms with van der Waals surface area (Å²) >= 11 is 0. The molecular weight excluding hydrogens is 364 g/mol. The highest BCUT2D eigenvalue weighted by Crippen LogP contribution is 2.36. The zero-order valence-corrected chi connectivity index (χ0v) is 18.0. The Balaban J connectivity index is 1.55. The van der Waals surface area contributed by atoms with Gasteiger partial charge in [0.05, 0.1) is 13.2 Å². The Morgan fingerprint density at radius 2 is 1.21 bits per heavy atom. The maximum absolute atomic E-state index is 5.98. The van der Waals surface area contributed by atoms with Crippen LogP contribution in [0.1, 0.15) is 49.9 Å². The van der Waals surface area contributed by atoms with Crippen molar-refractivity contribution < 1.29 is 18.9 Å². The zero-order valence-electron chi connectivity index (χ0n) is 18.0. The summed E-state index contributed by atoms with van der Waals surface area (Å²) < 4.78 is 22.5. The lowest BCUT2D eigenvalue weighted by atomic mass is 9.77. The standard InChI is InChI=1S/C25H32O4/c1-5-17-11-19(7-9-23(17)28-15-21-13-26-21)25(3,4)20-8-10-24(18(6-2)12-20)29-16-22-14-27-22/h7-12,21-22H,5-6,13-16H2,1-4H3. The largest absolute Gasteiger partial charge is 0.491 e. The van der Waals surface area contributed by atoms with Crippen LogP contribution >= 0.6 is 0 Å². The zero-order chi connectivity index (χ0) is 20.4. The molecule has 156 valence electrons. The van der Waals surface area contributed by atoms with E-state index < -0.39 is 0 Å². The number of benzene rings is 2. The summed E-state index contributed by atoms with van der Waals surface area (Å²) in [7, 11) is 0. The van der Waals surface area contributed by atoms with Gasteiger partial charge in [0.25, 0.3) is 0 Å². The third-order valence-corrected chi connectivity index (χ3v) is 5.98. The van der Waals surface area contributed by atoms with E-state index in [0.717, 1.165) is 37.6 Å². The maximum Gasteiger partial charge on any atom is 0.122 e. The van der Waals surface area contributed by atoms with Crippen molar-refractivity contribution in [3.05, 3.63) is 58.7 Å². The molecule has 0 spiro atoms. The van der Waals surface area contributed by atoms with Crippen molar-refractivity contribution in [1.82, 2.24) is 0 Å². The van der Waals surface area contributed by atoms with Gasteiger partial charge in [-0.25, -0.2) is 0 Å². The summed E-state index contributed by atoms with van der Waals surface area (Å²) in [4.78, 5) is 0. The monoisotopic (exact) mass is 396 g/mol. The van der Waals surface area contributed by atoms with Gasteiger partial charge in [-0.1, -0.05) is 52.0 Å². The predicted molar refractivity (Wildman–Crippen MR) is 114 cm³/mol. The summed E-state index contributed by atoms with van der Waals surface area (Å²) in [5.74, 6) is 1.95. The number of aryl methyl sites for hydroxylation is 2. The van der Waals surface area contributed by atoms with Crippen LogP contribution in [0.4, 0.5) is 0 Å². The van der Waals surface area contributed by atoms with Crippen LogP contribution in [-0.4, -0.2) is 38.6 Å². The molecule has 0 N–H and O–H groups in total. The van der Waals surface area contributed by atoms with Gasteiger partial charge in [0, 0.05) is 5.41 Å². The molecule has 0 aromatic heterocycles. The first-order valence-corrected chi connectivity index (χ1v) is 10.8. The van der Waals surface area contributed by atoms with E-state index in [0.29, 0.717) is 13.2 Å². The second-order valence-electron chi connectivity index (χ2n) is 8.51. The molecule has 4 rings (SSSR count). The summed E-state index contributed by atoms with van der Waals surface area (Å²) in [5, 5.41) is 0. The van der Waals surface area contributed by atoms with Crippen LogP contribution in [0.25, 0.3) is 0 Å². The van der Waals surface area contributed by atoms with Gasteiger partial charge in [-0.05, 0) is 47.2 Å². The van der Waals surface area contributed by atoms with Gasteiger partial charge in [-0.2, -0.15) is 0 Å². The van der Waals surface area contributed by atoms with E-state index in [2.05, 4.69) is 64.1 Å². The topological polar surface area (TPSA) is 43.5 Å². The second-order valence-corrected chi connectivity index (χ2v) is 8.51. The molecule has 2 aliphatic rings. The van der Waals surface area contributed by atoms with E-state index in [4.69, 9.17) is 18.9 Å². The van der Waals surface area contributed by atoms with Crippen LogP contribution in [0.2, 0.25) is 0 Å². The first kappa shape index (κ1) is 20.2. The van der Waals surface area contributed by atoms with E-state index in [-0.39, 0.29) is 17.6 Å². The quantitative estimate of drug-likeness (QED) is 0.547. The van der Waals surface area contributed by atoms with Crippen molar-refractivity contribution in [1.29, 1.82) is 0 Å². The Hall–Kier alpha value is -2.04. The smallest absolute Gasteiger partial charge is 0.122 e. The SMILES string of the molecule is CCc1cc(C(C)(C)c2ccc(OCC3CO3)c(CC)c2)ccc1OCC1CO1. The highest BCUT2D eigenvalue weighted by Gasteiger charge is 2.27. The third-order valence-electron chi connectivity index (χ3n) is 5.98. The normalized spacial score (nSPS) is 20.4. The number of epoxide rings is 2. The fraction of sp³-hybridized carbons (Fsp3) is 0.520. The van der Waals surface area contributed by atoms with Crippen LogP contribution in [-0.2, 0) is 27.7 Å². The highest BCUT2D eigenvalue weighted by molar-refractivity contribution is 5.47. The van der Waals surface area contributed by atoms with E-state index in [1.807, 2.05) is 0 Å². The first-order valence-electron chi connectivity index (χ1n) is 10.8. The average molecular weight is 397 g/mol. The van der Waals surface area contributed by atoms with Gasteiger partial charge in [-0.3, -0.25) is 0 Å². The van der Waals surface area contributed by atoms with E-state index in [1.165, 1.54) is 22.3 Å². The molecular formula is C25H32O4. The molecule has 0 bridgehead atoms. The van der Waals surface area contributed by atoms with Crippen molar-refractivity contribution >= 4 is 0 Å². The van der Waals surface area contributed by atoms with Crippen molar-refractivity contribution in [2.24, 2.45) is 0 Å². The summed E-state index contributed by atoms with van der Waals surface area (Å²) in [5.41, 5.74) is 4.98. The summed E-state index contributed by atoms with van der Waals surface area (Å²) in [6, 6.07) is 13.2. The first-order chi connectivity index (χ1) is 14.0. The van der Waals surface area contributed by atoms with E-state index in [9.17, 15) is 0 Å². The Kier molecular flexibility index (Phi) is 5.84. The average Bonchev–Trinajstić information content (AvgIpc) is 3.65. The molecule has 4 heteroatoms. The summed E-state index contributed by atoms with van der Waals surface area (Å²) in [6.07, 6.45) is 2.44. The molecule has 0 amide bonds. The molecule has 2 fully saturated rings. The molecule has 2 saturated heterocycles. The minimum Gasteiger partial charge on any atom is -0.491 e. The van der Waals surface area contributed by atoms with Gasteiger partial charge in [-0.15, -0.1) is 0 Å². The number of hydrogen-bond donors (Lipinski definition) is 0.